The van der Waals surface area contributed by atoms with Crippen molar-refractivity contribution >= 4 is 11.9 Å². The number of pyridine rings is 1. The van der Waals surface area contributed by atoms with Gasteiger partial charge in [0.05, 0.1) is 24.0 Å². The van der Waals surface area contributed by atoms with Crippen molar-refractivity contribution in [2.24, 2.45) is 5.92 Å². The fourth-order valence-corrected chi connectivity index (χ4v) is 4.42. The molecule has 1 unspecified atom stereocenters. The number of aromatic nitrogens is 6. The van der Waals surface area contributed by atoms with Crippen LogP contribution < -0.4 is 4.90 Å². The largest absolute Gasteiger partial charge is 0.336 e. The molecule has 0 aliphatic carbocycles. The molecule has 0 aromatic carbocycles. The van der Waals surface area contributed by atoms with Crippen LogP contribution in [0.2, 0.25) is 0 Å². The van der Waals surface area contributed by atoms with Gasteiger partial charge in [0.2, 0.25) is 5.95 Å². The smallest absolute Gasteiger partial charge is 0.257 e. The molecule has 2 saturated heterocycles. The Morgan fingerprint density at radius 2 is 1.77 bits per heavy atom. The summed E-state index contributed by atoms with van der Waals surface area (Å²) in [6.07, 6.45) is 5.87. The maximum absolute atomic E-state index is 13.5. The van der Waals surface area contributed by atoms with Crippen LogP contribution in [0, 0.1) is 26.7 Å². The van der Waals surface area contributed by atoms with Crippen molar-refractivity contribution in [1.29, 1.82) is 0 Å². The number of fused-ring (bicyclic) bond motifs is 1. The molecular weight excluding hydrogens is 380 g/mol. The molecule has 2 fully saturated rings. The lowest BCUT2D eigenvalue weighted by Crippen LogP contribution is -2.65. The number of anilines is 1. The average molecular weight is 404 g/mol. The minimum atomic E-state index is -0.0369. The summed E-state index contributed by atoms with van der Waals surface area (Å²) in [7, 11) is 0. The molecule has 30 heavy (non-hydrogen) atoms. The van der Waals surface area contributed by atoms with Crippen LogP contribution in [0.1, 0.15) is 33.7 Å². The van der Waals surface area contributed by atoms with Gasteiger partial charge in [0.25, 0.3) is 5.91 Å². The van der Waals surface area contributed by atoms with Gasteiger partial charge in [-0.1, -0.05) is 0 Å². The van der Waals surface area contributed by atoms with Gasteiger partial charge in [-0.25, -0.2) is 15.0 Å². The van der Waals surface area contributed by atoms with Gasteiger partial charge in [-0.05, 0) is 44.9 Å². The Morgan fingerprint density at radius 1 is 1.03 bits per heavy atom. The molecule has 9 heteroatoms. The molecule has 2 aliphatic rings. The van der Waals surface area contributed by atoms with Crippen LogP contribution in [0.15, 0.2) is 30.7 Å². The summed E-state index contributed by atoms with van der Waals surface area (Å²) in [5.74, 6) is 1.76. The van der Waals surface area contributed by atoms with Gasteiger partial charge in [0, 0.05) is 43.1 Å². The Morgan fingerprint density at radius 3 is 2.50 bits per heavy atom. The minimum absolute atomic E-state index is 0.0369. The number of carbonyl (C=O) groups excluding carboxylic acids is 1. The van der Waals surface area contributed by atoms with Gasteiger partial charge in [0.1, 0.15) is 0 Å². The van der Waals surface area contributed by atoms with Crippen LogP contribution in [0.4, 0.5) is 5.95 Å². The number of nitrogens with zero attached hydrogens (tertiary/aromatic N) is 8. The second kappa shape index (κ2) is 7.16. The monoisotopic (exact) mass is 404 g/mol. The van der Waals surface area contributed by atoms with E-state index >= 15 is 0 Å². The summed E-state index contributed by atoms with van der Waals surface area (Å²) in [6.45, 7) is 8.25. The lowest BCUT2D eigenvalue weighted by atomic mass is 9.82. The number of amides is 1. The first-order chi connectivity index (χ1) is 14.5. The highest BCUT2D eigenvalue weighted by Gasteiger charge is 2.45. The number of piperidine rings is 1. The average Bonchev–Trinajstić information content (AvgIpc) is 3.22. The van der Waals surface area contributed by atoms with Crippen molar-refractivity contribution in [3.05, 3.63) is 53.2 Å². The number of hydrogen-bond acceptors (Lipinski definition) is 7. The summed E-state index contributed by atoms with van der Waals surface area (Å²) < 4.78 is 0. The topological polar surface area (TPSA) is 92.9 Å². The van der Waals surface area contributed by atoms with E-state index in [0.29, 0.717) is 23.8 Å². The van der Waals surface area contributed by atoms with Crippen LogP contribution in [0.5, 0.6) is 0 Å². The van der Waals surface area contributed by atoms with E-state index in [4.69, 9.17) is 0 Å². The third kappa shape index (κ3) is 3.20. The van der Waals surface area contributed by atoms with Crippen molar-refractivity contribution in [2.75, 3.05) is 24.5 Å². The Balaban J connectivity index is 1.40. The summed E-state index contributed by atoms with van der Waals surface area (Å²) >= 11 is 0. The van der Waals surface area contributed by atoms with Crippen molar-refractivity contribution < 1.29 is 4.79 Å². The molecule has 0 bridgehead atoms. The maximum Gasteiger partial charge on any atom is 0.257 e. The quantitative estimate of drug-likeness (QED) is 0.656. The van der Waals surface area contributed by atoms with E-state index in [-0.39, 0.29) is 11.9 Å². The SMILES string of the molecule is Cc1cnc(-n2nccn2)c(C(=O)N2CCC3CN(c4nc(C)cc(C)n4)[C@@H]3C2)c1. The molecule has 2 atom stereocenters. The molecule has 1 amide bonds. The highest BCUT2D eigenvalue weighted by atomic mass is 16.2. The molecule has 0 N–H and O–H groups in total. The molecule has 9 nitrogen and oxygen atoms in total. The molecular formula is C21H24N8O. The van der Waals surface area contributed by atoms with Crippen molar-refractivity contribution in [1.82, 2.24) is 34.8 Å². The predicted octanol–water partition coefficient (Wildman–Crippen LogP) is 1.73. The lowest BCUT2D eigenvalue weighted by molar-refractivity contribution is 0.0588. The molecule has 5 heterocycles. The maximum atomic E-state index is 13.5. The Labute approximate surface area is 174 Å². The van der Waals surface area contributed by atoms with E-state index in [1.54, 1.807) is 18.6 Å². The third-order valence-electron chi connectivity index (χ3n) is 5.91. The van der Waals surface area contributed by atoms with Crippen LogP contribution in [-0.2, 0) is 0 Å². The number of likely N-dealkylation sites (tertiary alicyclic amines) is 1. The fourth-order valence-electron chi connectivity index (χ4n) is 4.42. The first-order valence-corrected chi connectivity index (χ1v) is 10.2. The van der Waals surface area contributed by atoms with Crippen LogP contribution in [-0.4, -0.2) is 66.4 Å². The van der Waals surface area contributed by atoms with Gasteiger partial charge in [-0.3, -0.25) is 4.79 Å². The van der Waals surface area contributed by atoms with Gasteiger partial charge >= 0.3 is 0 Å². The number of rotatable bonds is 3. The number of hydrogen-bond donors (Lipinski definition) is 0. The molecule has 154 valence electrons. The van der Waals surface area contributed by atoms with Crippen molar-refractivity contribution in [2.45, 2.75) is 33.2 Å². The Kier molecular flexibility index (Phi) is 4.45. The van der Waals surface area contributed by atoms with Gasteiger partial charge in [-0.15, -0.1) is 4.80 Å². The predicted molar refractivity (Wildman–Crippen MR) is 111 cm³/mol. The van der Waals surface area contributed by atoms with Crippen LogP contribution in [0.25, 0.3) is 5.82 Å². The molecule has 5 rings (SSSR count). The van der Waals surface area contributed by atoms with E-state index in [9.17, 15) is 4.79 Å². The summed E-state index contributed by atoms with van der Waals surface area (Å²) in [4.78, 5) is 32.7. The molecule has 0 saturated carbocycles. The van der Waals surface area contributed by atoms with Gasteiger partial charge in [-0.2, -0.15) is 10.2 Å². The highest BCUT2D eigenvalue weighted by molar-refractivity contribution is 5.97. The number of carbonyl (C=O) groups is 1. The zero-order valence-corrected chi connectivity index (χ0v) is 17.4. The second-order valence-electron chi connectivity index (χ2n) is 8.17. The standard InChI is InChI=1S/C21H24N8O/c1-13-8-17(19(22-10-13)29-23-5-6-24-29)20(30)27-7-4-16-11-28(18(16)12-27)21-25-14(2)9-15(3)26-21/h5-6,8-10,16,18H,4,7,11-12H2,1-3H3/t16?,18-/m1/s1. The summed E-state index contributed by atoms with van der Waals surface area (Å²) in [5.41, 5.74) is 3.38. The minimum Gasteiger partial charge on any atom is -0.336 e. The number of aryl methyl sites for hydroxylation is 3. The summed E-state index contributed by atoms with van der Waals surface area (Å²) in [5, 5.41) is 8.32. The van der Waals surface area contributed by atoms with Crippen LogP contribution >= 0.6 is 0 Å². The zero-order valence-electron chi connectivity index (χ0n) is 17.4. The van der Waals surface area contributed by atoms with Crippen molar-refractivity contribution in [3.63, 3.8) is 0 Å². The highest BCUT2D eigenvalue weighted by Crippen LogP contribution is 2.35. The molecule has 3 aromatic heterocycles. The first-order valence-electron chi connectivity index (χ1n) is 10.2. The van der Waals surface area contributed by atoms with Crippen molar-refractivity contribution in [3.8, 4) is 5.82 Å². The van der Waals surface area contributed by atoms with E-state index in [0.717, 1.165) is 42.4 Å². The fraction of sp³-hybridized carbons (Fsp3) is 0.429. The first kappa shape index (κ1) is 18.7. The molecule has 0 spiro atoms. The lowest BCUT2D eigenvalue weighted by Gasteiger charge is -2.53. The Bertz CT molecular complexity index is 1080. The summed E-state index contributed by atoms with van der Waals surface area (Å²) in [6, 6.07) is 4.09. The third-order valence-corrected chi connectivity index (χ3v) is 5.91. The van der Waals surface area contributed by atoms with E-state index < -0.39 is 0 Å². The molecule has 0 radical (unpaired) electrons. The zero-order chi connectivity index (χ0) is 20.8. The van der Waals surface area contributed by atoms with E-state index in [1.807, 2.05) is 37.8 Å². The van der Waals surface area contributed by atoms with Gasteiger partial charge < -0.3 is 9.80 Å². The van der Waals surface area contributed by atoms with E-state index in [1.165, 1.54) is 4.80 Å². The Hall–Kier alpha value is -3.36. The molecule has 3 aromatic rings. The molecule has 2 aliphatic heterocycles. The van der Waals surface area contributed by atoms with E-state index in [2.05, 4.69) is 30.0 Å². The van der Waals surface area contributed by atoms with Crippen LogP contribution in [0.3, 0.4) is 0 Å². The second-order valence-corrected chi connectivity index (χ2v) is 8.17. The van der Waals surface area contributed by atoms with Gasteiger partial charge in [0.15, 0.2) is 5.82 Å². The normalized spacial score (nSPS) is 20.6.